The maximum absolute atomic E-state index is 9.70. The Kier molecular flexibility index (Phi) is 8.20. The van der Waals surface area contributed by atoms with Gasteiger partial charge in [-0.25, -0.2) is 0 Å². The molecule has 9 atom stereocenters. The van der Waals surface area contributed by atoms with Crippen LogP contribution in [0.15, 0.2) is 0 Å². The lowest BCUT2D eigenvalue weighted by molar-refractivity contribution is -0.306. The van der Waals surface area contributed by atoms with E-state index in [0.717, 1.165) is 0 Å². The summed E-state index contributed by atoms with van der Waals surface area (Å²) in [4.78, 5) is 0. The van der Waals surface area contributed by atoms with E-state index in [9.17, 15) is 35.7 Å². The Morgan fingerprint density at radius 3 is 1.91 bits per heavy atom. The summed E-state index contributed by atoms with van der Waals surface area (Å²) in [6.07, 6.45) is -14.7. The zero-order chi connectivity index (χ0) is 17.7. The first kappa shape index (κ1) is 20.6. The van der Waals surface area contributed by atoms with Gasteiger partial charge in [0.05, 0.1) is 19.8 Å². The van der Waals surface area contributed by atoms with Crippen LogP contribution in [-0.2, 0) is 9.47 Å². The van der Waals surface area contributed by atoms with Crippen molar-refractivity contribution in [2.45, 2.75) is 55.1 Å². The van der Waals surface area contributed by atoms with Crippen molar-refractivity contribution in [3.63, 3.8) is 0 Å². The Morgan fingerprint density at radius 2 is 1.39 bits per heavy atom. The van der Waals surface area contributed by atoms with Gasteiger partial charge in [-0.2, -0.15) is 0 Å². The van der Waals surface area contributed by atoms with Crippen molar-refractivity contribution in [3.05, 3.63) is 0 Å². The summed E-state index contributed by atoms with van der Waals surface area (Å²) < 4.78 is 9.99. The molecule has 0 amide bonds. The normalized spacial score (nSPS) is 37.2. The largest absolute Gasteiger partial charge is 0.394 e. The lowest BCUT2D eigenvalue weighted by Crippen LogP contribution is -2.59. The minimum absolute atomic E-state index is 0.655. The molecule has 1 aliphatic heterocycles. The summed E-state index contributed by atoms with van der Waals surface area (Å²) in [5.41, 5.74) is 0. The molecule has 11 heteroatoms. The molecule has 1 fully saturated rings. The fraction of sp³-hybridized carbons (Fsp3) is 1.00. The second-order valence-electron chi connectivity index (χ2n) is 5.33. The number of aliphatic hydroxyl groups excluding tert-OH is 9. The van der Waals surface area contributed by atoms with Crippen LogP contribution in [0, 0.1) is 0 Å². The van der Waals surface area contributed by atoms with Crippen LogP contribution in [0.1, 0.15) is 0 Å². The van der Waals surface area contributed by atoms with Crippen molar-refractivity contribution in [2.24, 2.45) is 0 Å². The van der Waals surface area contributed by atoms with Crippen LogP contribution < -0.4 is 0 Å². The van der Waals surface area contributed by atoms with Crippen LogP contribution in [0.2, 0.25) is 0 Å². The van der Waals surface area contributed by atoms with E-state index in [1.54, 1.807) is 0 Å². The van der Waals surface area contributed by atoms with Crippen LogP contribution in [0.25, 0.3) is 0 Å². The molecule has 1 rings (SSSR count). The molecular formula is C12H24O11. The Balaban J connectivity index is 2.55. The van der Waals surface area contributed by atoms with E-state index in [2.05, 4.69) is 0 Å². The van der Waals surface area contributed by atoms with Crippen molar-refractivity contribution in [2.75, 3.05) is 19.8 Å². The van der Waals surface area contributed by atoms with E-state index < -0.39 is 74.9 Å². The van der Waals surface area contributed by atoms with Gasteiger partial charge in [0, 0.05) is 0 Å². The zero-order valence-electron chi connectivity index (χ0n) is 12.2. The predicted octanol–water partition coefficient (Wildman–Crippen LogP) is -5.76. The topological polar surface area (TPSA) is 201 Å². The highest BCUT2D eigenvalue weighted by Gasteiger charge is 2.44. The van der Waals surface area contributed by atoms with E-state index in [1.807, 2.05) is 0 Å². The van der Waals surface area contributed by atoms with Gasteiger partial charge in [0.15, 0.2) is 6.29 Å². The smallest absolute Gasteiger partial charge is 0.186 e. The van der Waals surface area contributed by atoms with E-state index in [-0.39, 0.29) is 0 Å². The molecule has 0 bridgehead atoms. The molecular weight excluding hydrogens is 320 g/mol. The molecule has 138 valence electrons. The minimum atomic E-state index is -1.86. The first-order chi connectivity index (χ1) is 10.7. The first-order valence-electron chi connectivity index (χ1n) is 6.99. The summed E-state index contributed by atoms with van der Waals surface area (Å²) in [5, 5.41) is 84.4. The lowest BCUT2D eigenvalue weighted by atomic mass is 9.99. The van der Waals surface area contributed by atoms with Gasteiger partial charge < -0.3 is 55.4 Å². The number of hydrogen-bond donors (Lipinski definition) is 9. The number of rotatable bonds is 8. The fourth-order valence-electron chi connectivity index (χ4n) is 2.06. The maximum Gasteiger partial charge on any atom is 0.186 e. The summed E-state index contributed by atoms with van der Waals surface area (Å²) in [5.74, 6) is 0. The molecule has 23 heavy (non-hydrogen) atoms. The summed E-state index contributed by atoms with van der Waals surface area (Å²) in [6.45, 7) is -2.16. The molecule has 0 aromatic rings. The fourth-order valence-corrected chi connectivity index (χ4v) is 2.06. The van der Waals surface area contributed by atoms with Crippen molar-refractivity contribution in [3.8, 4) is 0 Å². The zero-order valence-corrected chi connectivity index (χ0v) is 12.2. The van der Waals surface area contributed by atoms with E-state index in [4.69, 9.17) is 19.7 Å². The van der Waals surface area contributed by atoms with E-state index in [1.165, 1.54) is 0 Å². The van der Waals surface area contributed by atoms with Crippen molar-refractivity contribution in [1.82, 2.24) is 0 Å². The third-order valence-electron chi connectivity index (χ3n) is 3.61. The SMILES string of the molecule is OC[C@H](O)[C@@H](O)[C@@H](O)[C@@H](O)CO[C@H]1O[C@H](CO)[C@@H](O)[C@H](O)[C@H]1O. The second-order valence-corrected chi connectivity index (χ2v) is 5.33. The van der Waals surface area contributed by atoms with Gasteiger partial charge in [-0.1, -0.05) is 0 Å². The molecule has 11 nitrogen and oxygen atoms in total. The Morgan fingerprint density at radius 1 is 0.826 bits per heavy atom. The highest BCUT2D eigenvalue weighted by molar-refractivity contribution is 4.89. The molecule has 0 aromatic carbocycles. The third-order valence-corrected chi connectivity index (χ3v) is 3.61. The Labute approximate surface area is 131 Å². The van der Waals surface area contributed by atoms with E-state index >= 15 is 0 Å². The highest BCUT2D eigenvalue weighted by Crippen LogP contribution is 2.22. The molecule has 0 radical (unpaired) electrons. The number of aliphatic hydroxyl groups is 9. The average Bonchev–Trinajstić information content (AvgIpc) is 2.56. The lowest BCUT2D eigenvalue weighted by Gasteiger charge is -2.40. The molecule has 1 saturated heterocycles. The standard InChI is InChI=1S/C12H24O11/c13-1-4(15)7(17)8(18)5(16)3-22-12-11(21)10(20)9(19)6(2-14)23-12/h4-21H,1-3H2/t4-,5-,6+,7+,8-,9+,10-,11+,12-/m0/s1. The van der Waals surface area contributed by atoms with Crippen LogP contribution in [0.3, 0.4) is 0 Å². The molecule has 0 unspecified atom stereocenters. The predicted molar refractivity (Wildman–Crippen MR) is 70.8 cm³/mol. The Hall–Kier alpha value is -0.440. The van der Waals surface area contributed by atoms with Crippen molar-refractivity contribution >= 4 is 0 Å². The van der Waals surface area contributed by atoms with Gasteiger partial charge in [0.1, 0.15) is 48.8 Å². The molecule has 1 aliphatic rings. The molecule has 9 N–H and O–H groups in total. The second kappa shape index (κ2) is 9.15. The Bertz CT molecular complexity index is 341. The van der Waals surface area contributed by atoms with Gasteiger partial charge in [-0.3, -0.25) is 0 Å². The third kappa shape index (κ3) is 5.01. The van der Waals surface area contributed by atoms with Gasteiger partial charge in [0.2, 0.25) is 0 Å². The van der Waals surface area contributed by atoms with Crippen LogP contribution in [0.5, 0.6) is 0 Å². The van der Waals surface area contributed by atoms with Crippen LogP contribution in [0.4, 0.5) is 0 Å². The van der Waals surface area contributed by atoms with Gasteiger partial charge >= 0.3 is 0 Å². The molecule has 0 aliphatic carbocycles. The average molecular weight is 344 g/mol. The quantitative estimate of drug-likeness (QED) is 0.203. The summed E-state index contributed by atoms with van der Waals surface area (Å²) in [6, 6.07) is 0. The molecule has 0 aromatic heterocycles. The molecule has 1 heterocycles. The van der Waals surface area contributed by atoms with Gasteiger partial charge in [-0.15, -0.1) is 0 Å². The molecule has 0 spiro atoms. The monoisotopic (exact) mass is 344 g/mol. The first-order valence-corrected chi connectivity index (χ1v) is 6.99. The summed E-state index contributed by atoms with van der Waals surface area (Å²) >= 11 is 0. The molecule has 0 saturated carbocycles. The van der Waals surface area contributed by atoms with Gasteiger partial charge in [0.25, 0.3) is 0 Å². The number of hydrogen-bond acceptors (Lipinski definition) is 11. The van der Waals surface area contributed by atoms with Crippen LogP contribution >= 0.6 is 0 Å². The maximum atomic E-state index is 9.70. The van der Waals surface area contributed by atoms with E-state index in [0.29, 0.717) is 0 Å². The van der Waals surface area contributed by atoms with Crippen molar-refractivity contribution < 1.29 is 55.4 Å². The van der Waals surface area contributed by atoms with Gasteiger partial charge in [-0.05, 0) is 0 Å². The summed E-state index contributed by atoms with van der Waals surface area (Å²) in [7, 11) is 0. The number of ether oxygens (including phenoxy) is 2. The van der Waals surface area contributed by atoms with Crippen molar-refractivity contribution in [1.29, 1.82) is 0 Å². The highest BCUT2D eigenvalue weighted by atomic mass is 16.7. The van der Waals surface area contributed by atoms with Crippen LogP contribution in [-0.4, -0.2) is 121 Å². The minimum Gasteiger partial charge on any atom is -0.394 e.